The molecule has 0 bridgehead atoms. The van der Waals surface area contributed by atoms with Crippen LogP contribution in [0.5, 0.6) is 0 Å². The van der Waals surface area contributed by atoms with Gasteiger partial charge in [0.25, 0.3) is 5.56 Å². The predicted octanol–water partition coefficient (Wildman–Crippen LogP) is 1.12. The molecule has 1 aliphatic heterocycles. The summed E-state index contributed by atoms with van der Waals surface area (Å²) in [5, 5.41) is 11.9. The standard InChI is InChI=1S/C16H21N5O/c22-16-7-2-8-17-21(16)10-12-4-3-9-20(12)11-15-13-5-1-6-14(13)18-19-15/h2,7-8,12H,1,3-6,9-11H2,(H,18,19). The van der Waals surface area contributed by atoms with E-state index in [2.05, 4.69) is 20.2 Å². The molecule has 0 spiro atoms. The lowest BCUT2D eigenvalue weighted by molar-refractivity contribution is 0.214. The normalized spacial score (nSPS) is 21.4. The van der Waals surface area contributed by atoms with Crippen molar-refractivity contribution >= 4 is 0 Å². The van der Waals surface area contributed by atoms with E-state index in [1.165, 1.54) is 29.8 Å². The van der Waals surface area contributed by atoms with Crippen LogP contribution >= 0.6 is 0 Å². The first-order chi connectivity index (χ1) is 10.8. The van der Waals surface area contributed by atoms with Crippen molar-refractivity contribution < 1.29 is 0 Å². The Hall–Kier alpha value is -1.95. The summed E-state index contributed by atoms with van der Waals surface area (Å²) in [6.07, 6.45) is 7.51. The summed E-state index contributed by atoms with van der Waals surface area (Å²) < 4.78 is 1.58. The van der Waals surface area contributed by atoms with E-state index >= 15 is 0 Å². The molecule has 0 amide bonds. The number of fused-ring (bicyclic) bond motifs is 1. The Morgan fingerprint density at radius 2 is 2.27 bits per heavy atom. The Balaban J connectivity index is 1.49. The molecular weight excluding hydrogens is 278 g/mol. The Morgan fingerprint density at radius 3 is 3.18 bits per heavy atom. The molecule has 0 aromatic carbocycles. The SMILES string of the molecule is O=c1cccnn1CC1CCCN1Cc1n[nH]c2c1CCC2. The van der Waals surface area contributed by atoms with Crippen LogP contribution in [0, 0.1) is 0 Å². The van der Waals surface area contributed by atoms with Crippen molar-refractivity contribution in [2.24, 2.45) is 0 Å². The number of aryl methyl sites for hydroxylation is 1. The average Bonchev–Trinajstić information content (AvgIpc) is 3.21. The lowest BCUT2D eigenvalue weighted by atomic mass is 10.1. The smallest absolute Gasteiger partial charge is 0.266 e. The zero-order valence-corrected chi connectivity index (χ0v) is 12.7. The number of aromatic nitrogens is 4. The molecule has 4 rings (SSSR count). The van der Waals surface area contributed by atoms with E-state index in [9.17, 15) is 4.79 Å². The second-order valence-electron chi connectivity index (χ2n) is 6.29. The van der Waals surface area contributed by atoms with Gasteiger partial charge in [0.1, 0.15) is 0 Å². The Labute approximate surface area is 129 Å². The van der Waals surface area contributed by atoms with Gasteiger partial charge in [0.05, 0.1) is 12.2 Å². The maximum atomic E-state index is 11.8. The van der Waals surface area contributed by atoms with Crippen molar-refractivity contribution in [2.45, 2.75) is 51.2 Å². The van der Waals surface area contributed by atoms with Crippen molar-refractivity contribution in [1.82, 2.24) is 24.9 Å². The highest BCUT2D eigenvalue weighted by Gasteiger charge is 2.28. The molecule has 1 N–H and O–H groups in total. The molecule has 1 atom stereocenters. The van der Waals surface area contributed by atoms with Gasteiger partial charge in [-0.3, -0.25) is 14.8 Å². The molecule has 2 aromatic rings. The molecule has 0 radical (unpaired) electrons. The van der Waals surface area contributed by atoms with Gasteiger partial charge < -0.3 is 0 Å². The minimum atomic E-state index is -0.0185. The number of nitrogens with zero attached hydrogens (tertiary/aromatic N) is 4. The first-order valence-corrected chi connectivity index (χ1v) is 8.12. The fourth-order valence-electron chi connectivity index (χ4n) is 3.75. The molecule has 6 nitrogen and oxygen atoms in total. The van der Waals surface area contributed by atoms with E-state index < -0.39 is 0 Å². The molecular formula is C16H21N5O. The van der Waals surface area contributed by atoms with E-state index in [0.29, 0.717) is 12.6 Å². The summed E-state index contributed by atoms with van der Waals surface area (Å²) >= 11 is 0. The average molecular weight is 299 g/mol. The van der Waals surface area contributed by atoms with Gasteiger partial charge in [0, 0.05) is 30.5 Å². The second-order valence-corrected chi connectivity index (χ2v) is 6.29. The van der Waals surface area contributed by atoms with Gasteiger partial charge in [-0.25, -0.2) is 4.68 Å². The summed E-state index contributed by atoms with van der Waals surface area (Å²) in [7, 11) is 0. The van der Waals surface area contributed by atoms with E-state index in [0.717, 1.165) is 32.4 Å². The van der Waals surface area contributed by atoms with E-state index in [-0.39, 0.29) is 5.56 Å². The molecule has 22 heavy (non-hydrogen) atoms. The first kappa shape index (κ1) is 13.7. The number of rotatable bonds is 4. The molecule has 116 valence electrons. The van der Waals surface area contributed by atoms with Crippen LogP contribution < -0.4 is 5.56 Å². The van der Waals surface area contributed by atoms with Crippen LogP contribution in [0.3, 0.4) is 0 Å². The third kappa shape index (κ3) is 2.47. The van der Waals surface area contributed by atoms with E-state index in [1.54, 1.807) is 23.0 Å². The fourth-order valence-corrected chi connectivity index (χ4v) is 3.75. The summed E-state index contributed by atoms with van der Waals surface area (Å²) in [6, 6.07) is 3.65. The molecule has 1 saturated heterocycles. The minimum Gasteiger partial charge on any atom is -0.293 e. The molecule has 1 fully saturated rings. The number of aromatic amines is 1. The fraction of sp³-hybridized carbons (Fsp3) is 0.562. The van der Waals surface area contributed by atoms with Crippen molar-refractivity contribution in [3.8, 4) is 0 Å². The lowest BCUT2D eigenvalue weighted by Gasteiger charge is -2.24. The third-order valence-electron chi connectivity index (χ3n) is 4.91. The Bertz CT molecular complexity index is 719. The first-order valence-electron chi connectivity index (χ1n) is 8.12. The second kappa shape index (κ2) is 5.68. The summed E-state index contributed by atoms with van der Waals surface area (Å²) in [6.45, 7) is 2.64. The number of hydrogen-bond donors (Lipinski definition) is 1. The minimum absolute atomic E-state index is 0.0185. The maximum absolute atomic E-state index is 11.8. The molecule has 2 aliphatic rings. The monoisotopic (exact) mass is 299 g/mol. The van der Waals surface area contributed by atoms with Gasteiger partial charge in [0.2, 0.25) is 0 Å². The van der Waals surface area contributed by atoms with Crippen molar-refractivity contribution in [2.75, 3.05) is 6.54 Å². The molecule has 0 saturated carbocycles. The van der Waals surface area contributed by atoms with E-state index in [4.69, 9.17) is 0 Å². The van der Waals surface area contributed by atoms with Gasteiger partial charge >= 0.3 is 0 Å². The quantitative estimate of drug-likeness (QED) is 0.918. The molecule has 1 aliphatic carbocycles. The van der Waals surface area contributed by atoms with Crippen LogP contribution in [0.4, 0.5) is 0 Å². The van der Waals surface area contributed by atoms with E-state index in [1.807, 2.05) is 0 Å². The highest BCUT2D eigenvalue weighted by Crippen LogP contribution is 2.26. The molecule has 3 heterocycles. The van der Waals surface area contributed by atoms with Gasteiger partial charge in [-0.1, -0.05) is 0 Å². The lowest BCUT2D eigenvalue weighted by Crippen LogP contribution is -2.36. The largest absolute Gasteiger partial charge is 0.293 e. The molecule has 2 aromatic heterocycles. The zero-order chi connectivity index (χ0) is 14.9. The van der Waals surface area contributed by atoms with Gasteiger partial charge in [-0.15, -0.1) is 0 Å². The third-order valence-corrected chi connectivity index (χ3v) is 4.91. The van der Waals surface area contributed by atoms with Crippen molar-refractivity contribution in [3.63, 3.8) is 0 Å². The van der Waals surface area contributed by atoms with Crippen LogP contribution in [-0.4, -0.2) is 37.5 Å². The van der Waals surface area contributed by atoms with Crippen LogP contribution in [-0.2, 0) is 25.9 Å². The van der Waals surface area contributed by atoms with Crippen molar-refractivity contribution in [3.05, 3.63) is 45.6 Å². The van der Waals surface area contributed by atoms with Crippen LogP contribution in [0.2, 0.25) is 0 Å². The molecule has 1 unspecified atom stereocenters. The van der Waals surface area contributed by atoms with Crippen LogP contribution in [0.1, 0.15) is 36.2 Å². The Kier molecular flexibility index (Phi) is 3.54. The topological polar surface area (TPSA) is 66.8 Å². The van der Waals surface area contributed by atoms with Crippen LogP contribution in [0.25, 0.3) is 0 Å². The zero-order valence-electron chi connectivity index (χ0n) is 12.7. The number of H-pyrrole nitrogens is 1. The maximum Gasteiger partial charge on any atom is 0.266 e. The summed E-state index contributed by atoms with van der Waals surface area (Å²) in [5.41, 5.74) is 3.94. The highest BCUT2D eigenvalue weighted by atomic mass is 16.1. The van der Waals surface area contributed by atoms with Crippen molar-refractivity contribution in [1.29, 1.82) is 0 Å². The van der Waals surface area contributed by atoms with Gasteiger partial charge in [-0.05, 0) is 50.3 Å². The van der Waals surface area contributed by atoms with Crippen LogP contribution in [0.15, 0.2) is 23.1 Å². The number of hydrogen-bond acceptors (Lipinski definition) is 4. The number of nitrogens with one attached hydrogen (secondary N) is 1. The predicted molar refractivity (Wildman–Crippen MR) is 82.5 cm³/mol. The summed E-state index contributed by atoms with van der Waals surface area (Å²) in [5.74, 6) is 0. The highest BCUT2D eigenvalue weighted by molar-refractivity contribution is 5.29. The van der Waals surface area contributed by atoms with Gasteiger partial charge in [-0.2, -0.15) is 10.2 Å². The number of likely N-dealkylation sites (tertiary alicyclic amines) is 1. The molecule has 6 heteroatoms. The summed E-state index contributed by atoms with van der Waals surface area (Å²) in [4.78, 5) is 14.3. The Morgan fingerprint density at radius 1 is 1.32 bits per heavy atom. The van der Waals surface area contributed by atoms with Gasteiger partial charge in [0.15, 0.2) is 0 Å².